The average Bonchev–Trinajstić information content (AvgIpc) is 2.39. The van der Waals surface area contributed by atoms with Crippen LogP contribution in [0.25, 0.3) is 0 Å². The first kappa shape index (κ1) is 13.7. The predicted molar refractivity (Wildman–Crippen MR) is 69.9 cm³/mol. The van der Waals surface area contributed by atoms with E-state index in [0.717, 1.165) is 31.4 Å². The van der Waals surface area contributed by atoms with E-state index >= 15 is 0 Å². The number of hydrogen-bond acceptors (Lipinski definition) is 1. The Hall–Kier alpha value is -1.71. The number of carbonyl (C=O) groups is 1. The highest BCUT2D eigenvalue weighted by Gasteiger charge is 2.12. The van der Waals surface area contributed by atoms with Crippen LogP contribution in [0, 0.1) is 11.6 Å². The molecule has 0 radical (unpaired) electrons. The SMILES string of the molecule is O=C(NCCC1=CCCCC1)c1ccc(F)cc1F. The van der Waals surface area contributed by atoms with Crippen molar-refractivity contribution >= 4 is 5.91 Å². The van der Waals surface area contributed by atoms with Gasteiger partial charge in [0.2, 0.25) is 0 Å². The fourth-order valence-electron chi connectivity index (χ4n) is 2.24. The van der Waals surface area contributed by atoms with Gasteiger partial charge in [-0.3, -0.25) is 4.79 Å². The molecule has 1 aliphatic rings. The Morgan fingerprint density at radius 2 is 2.11 bits per heavy atom. The Labute approximate surface area is 111 Å². The summed E-state index contributed by atoms with van der Waals surface area (Å²) in [5, 5.41) is 2.66. The van der Waals surface area contributed by atoms with Gasteiger partial charge in [-0.2, -0.15) is 0 Å². The highest BCUT2D eigenvalue weighted by Crippen LogP contribution is 2.19. The lowest BCUT2D eigenvalue weighted by Crippen LogP contribution is -2.25. The molecule has 0 unspecified atom stereocenters. The van der Waals surface area contributed by atoms with Crippen molar-refractivity contribution in [2.75, 3.05) is 6.54 Å². The predicted octanol–water partition coefficient (Wildman–Crippen LogP) is 3.59. The molecule has 0 fully saturated rings. The summed E-state index contributed by atoms with van der Waals surface area (Å²) in [4.78, 5) is 11.7. The first-order valence-corrected chi connectivity index (χ1v) is 6.58. The van der Waals surface area contributed by atoms with Gasteiger partial charge in [-0.05, 0) is 44.2 Å². The monoisotopic (exact) mass is 265 g/mol. The van der Waals surface area contributed by atoms with Crippen LogP contribution in [0.15, 0.2) is 29.8 Å². The Kier molecular flexibility index (Phi) is 4.66. The molecule has 2 nitrogen and oxygen atoms in total. The van der Waals surface area contributed by atoms with Crippen molar-refractivity contribution in [2.45, 2.75) is 32.1 Å². The van der Waals surface area contributed by atoms with Crippen LogP contribution in [0.1, 0.15) is 42.5 Å². The van der Waals surface area contributed by atoms with Crippen LogP contribution in [0.4, 0.5) is 8.78 Å². The second-order valence-corrected chi connectivity index (χ2v) is 4.74. The number of amides is 1. The standard InChI is InChI=1S/C15H17F2NO/c16-12-6-7-13(14(17)10-12)15(19)18-9-8-11-4-2-1-3-5-11/h4,6-7,10H,1-3,5,8-9H2,(H,18,19). The Morgan fingerprint density at radius 3 is 2.79 bits per heavy atom. The molecule has 1 aromatic carbocycles. The van der Waals surface area contributed by atoms with Gasteiger partial charge in [0.15, 0.2) is 0 Å². The lowest BCUT2D eigenvalue weighted by molar-refractivity contribution is 0.0950. The van der Waals surface area contributed by atoms with Gasteiger partial charge >= 0.3 is 0 Å². The molecule has 102 valence electrons. The minimum atomic E-state index is -0.825. The summed E-state index contributed by atoms with van der Waals surface area (Å²) in [6, 6.07) is 2.97. The third-order valence-electron chi connectivity index (χ3n) is 3.29. The average molecular weight is 265 g/mol. The fraction of sp³-hybridized carbons (Fsp3) is 0.400. The molecule has 1 amide bonds. The Balaban J connectivity index is 1.85. The molecule has 0 aliphatic heterocycles. The van der Waals surface area contributed by atoms with Crippen LogP contribution in [-0.4, -0.2) is 12.5 Å². The molecule has 0 spiro atoms. The van der Waals surface area contributed by atoms with Crippen molar-refractivity contribution in [1.29, 1.82) is 0 Å². The van der Waals surface area contributed by atoms with E-state index in [1.165, 1.54) is 24.5 Å². The number of hydrogen-bond donors (Lipinski definition) is 1. The molecule has 0 saturated heterocycles. The molecular formula is C15H17F2NO. The van der Waals surface area contributed by atoms with Crippen molar-refractivity contribution in [2.24, 2.45) is 0 Å². The third kappa shape index (κ3) is 3.88. The normalized spacial score (nSPS) is 14.9. The summed E-state index contributed by atoms with van der Waals surface area (Å²) in [6.07, 6.45) is 7.64. The van der Waals surface area contributed by atoms with E-state index in [9.17, 15) is 13.6 Å². The van der Waals surface area contributed by atoms with Gasteiger partial charge in [-0.25, -0.2) is 8.78 Å². The smallest absolute Gasteiger partial charge is 0.254 e. The number of benzene rings is 1. The highest BCUT2D eigenvalue weighted by molar-refractivity contribution is 5.94. The van der Waals surface area contributed by atoms with Crippen molar-refractivity contribution < 1.29 is 13.6 Å². The van der Waals surface area contributed by atoms with E-state index in [1.807, 2.05) is 0 Å². The van der Waals surface area contributed by atoms with Gasteiger partial charge in [0.25, 0.3) is 5.91 Å². The zero-order chi connectivity index (χ0) is 13.7. The highest BCUT2D eigenvalue weighted by atomic mass is 19.1. The molecule has 0 heterocycles. The summed E-state index contributed by atoms with van der Waals surface area (Å²) in [7, 11) is 0. The lowest BCUT2D eigenvalue weighted by Gasteiger charge is -2.13. The minimum Gasteiger partial charge on any atom is -0.352 e. The van der Waals surface area contributed by atoms with Crippen LogP contribution in [0.5, 0.6) is 0 Å². The van der Waals surface area contributed by atoms with Crippen molar-refractivity contribution in [3.63, 3.8) is 0 Å². The van der Waals surface area contributed by atoms with Gasteiger partial charge in [0.1, 0.15) is 11.6 Å². The molecule has 0 atom stereocenters. The fourth-order valence-corrected chi connectivity index (χ4v) is 2.24. The van der Waals surface area contributed by atoms with Gasteiger partial charge in [0, 0.05) is 12.6 Å². The third-order valence-corrected chi connectivity index (χ3v) is 3.29. The van der Waals surface area contributed by atoms with Crippen LogP contribution in [-0.2, 0) is 0 Å². The molecular weight excluding hydrogens is 248 g/mol. The van der Waals surface area contributed by atoms with Gasteiger partial charge < -0.3 is 5.32 Å². The molecule has 4 heteroatoms. The molecule has 2 rings (SSSR count). The molecule has 19 heavy (non-hydrogen) atoms. The van der Waals surface area contributed by atoms with Gasteiger partial charge in [0.05, 0.1) is 5.56 Å². The van der Waals surface area contributed by atoms with E-state index in [1.54, 1.807) is 0 Å². The number of carbonyl (C=O) groups excluding carboxylic acids is 1. The van der Waals surface area contributed by atoms with Crippen LogP contribution in [0.2, 0.25) is 0 Å². The topological polar surface area (TPSA) is 29.1 Å². The van der Waals surface area contributed by atoms with E-state index < -0.39 is 17.5 Å². The number of rotatable bonds is 4. The maximum absolute atomic E-state index is 13.4. The maximum Gasteiger partial charge on any atom is 0.254 e. The zero-order valence-corrected chi connectivity index (χ0v) is 10.7. The summed E-state index contributed by atoms with van der Waals surface area (Å²) in [6.45, 7) is 0.488. The Bertz CT molecular complexity index is 497. The second kappa shape index (κ2) is 6.45. The van der Waals surface area contributed by atoms with E-state index in [4.69, 9.17) is 0 Å². The van der Waals surface area contributed by atoms with Crippen LogP contribution >= 0.6 is 0 Å². The number of allylic oxidation sites excluding steroid dienone is 1. The molecule has 0 aromatic heterocycles. The van der Waals surface area contributed by atoms with Crippen LogP contribution in [0.3, 0.4) is 0 Å². The van der Waals surface area contributed by atoms with E-state index in [2.05, 4.69) is 11.4 Å². The first-order valence-electron chi connectivity index (χ1n) is 6.58. The molecule has 0 saturated carbocycles. The second-order valence-electron chi connectivity index (χ2n) is 4.74. The number of nitrogens with one attached hydrogen (secondary N) is 1. The van der Waals surface area contributed by atoms with Crippen molar-refractivity contribution in [3.8, 4) is 0 Å². The molecule has 1 aromatic rings. The summed E-state index contributed by atoms with van der Waals surface area (Å²) >= 11 is 0. The first-order chi connectivity index (χ1) is 9.16. The van der Waals surface area contributed by atoms with Crippen molar-refractivity contribution in [3.05, 3.63) is 47.0 Å². The zero-order valence-electron chi connectivity index (χ0n) is 10.7. The summed E-state index contributed by atoms with van der Waals surface area (Å²) in [5.41, 5.74) is 1.24. The van der Waals surface area contributed by atoms with Gasteiger partial charge in [-0.15, -0.1) is 0 Å². The van der Waals surface area contributed by atoms with Crippen LogP contribution < -0.4 is 5.32 Å². The molecule has 1 aliphatic carbocycles. The quantitative estimate of drug-likeness (QED) is 0.828. The minimum absolute atomic E-state index is 0.112. The Morgan fingerprint density at radius 1 is 1.26 bits per heavy atom. The summed E-state index contributed by atoms with van der Waals surface area (Å²) < 4.78 is 26.1. The molecule has 1 N–H and O–H groups in total. The largest absolute Gasteiger partial charge is 0.352 e. The van der Waals surface area contributed by atoms with E-state index in [-0.39, 0.29) is 5.56 Å². The summed E-state index contributed by atoms with van der Waals surface area (Å²) in [5.74, 6) is -2.00. The lowest BCUT2D eigenvalue weighted by atomic mass is 9.97. The van der Waals surface area contributed by atoms with Gasteiger partial charge in [-0.1, -0.05) is 11.6 Å². The maximum atomic E-state index is 13.4. The van der Waals surface area contributed by atoms with Crippen molar-refractivity contribution in [1.82, 2.24) is 5.32 Å². The number of halogens is 2. The van der Waals surface area contributed by atoms with E-state index in [0.29, 0.717) is 6.54 Å². The molecule has 0 bridgehead atoms.